The summed E-state index contributed by atoms with van der Waals surface area (Å²) in [5.74, 6) is 1.12. The first kappa shape index (κ1) is 13.5. The summed E-state index contributed by atoms with van der Waals surface area (Å²) in [6, 6.07) is 0. The third-order valence-electron chi connectivity index (χ3n) is 4.46. The minimum absolute atomic E-state index is 0.129. The van der Waals surface area contributed by atoms with Gasteiger partial charge in [0.15, 0.2) is 0 Å². The molecule has 16 heavy (non-hydrogen) atoms. The van der Waals surface area contributed by atoms with Gasteiger partial charge in [0.05, 0.1) is 0 Å². The predicted molar refractivity (Wildman–Crippen MR) is 68.3 cm³/mol. The van der Waals surface area contributed by atoms with E-state index < -0.39 is 0 Å². The first-order chi connectivity index (χ1) is 7.57. The van der Waals surface area contributed by atoms with Crippen molar-refractivity contribution in [3.8, 4) is 0 Å². The number of hydrogen-bond donors (Lipinski definition) is 0. The van der Waals surface area contributed by atoms with Crippen LogP contribution in [-0.2, 0) is 4.79 Å². The fourth-order valence-corrected chi connectivity index (χ4v) is 2.52. The summed E-state index contributed by atoms with van der Waals surface area (Å²) >= 11 is 0. The Hall–Kier alpha value is -0.530. The number of likely N-dealkylation sites (tertiary alicyclic amines) is 1. The molecule has 0 spiro atoms. The normalized spacial score (nSPS) is 22.2. The van der Waals surface area contributed by atoms with Crippen LogP contribution in [0.3, 0.4) is 0 Å². The third-order valence-corrected chi connectivity index (χ3v) is 4.46. The molecule has 2 nitrogen and oxygen atoms in total. The predicted octanol–water partition coefficient (Wildman–Crippen LogP) is 3.46. The van der Waals surface area contributed by atoms with Crippen LogP contribution in [0.15, 0.2) is 0 Å². The van der Waals surface area contributed by atoms with Gasteiger partial charge in [-0.1, -0.05) is 34.1 Å². The van der Waals surface area contributed by atoms with E-state index in [1.54, 1.807) is 0 Å². The Labute approximate surface area is 100 Å². The molecule has 94 valence electrons. The van der Waals surface area contributed by atoms with Crippen LogP contribution in [0.2, 0.25) is 0 Å². The Morgan fingerprint density at radius 1 is 1.31 bits per heavy atom. The Bertz CT molecular complexity index is 233. The van der Waals surface area contributed by atoms with Crippen molar-refractivity contribution in [1.29, 1.82) is 0 Å². The number of amides is 1. The van der Waals surface area contributed by atoms with Crippen LogP contribution in [0.1, 0.15) is 59.8 Å². The van der Waals surface area contributed by atoms with Gasteiger partial charge < -0.3 is 4.90 Å². The van der Waals surface area contributed by atoms with Gasteiger partial charge in [0.25, 0.3) is 0 Å². The van der Waals surface area contributed by atoms with E-state index in [9.17, 15) is 4.79 Å². The van der Waals surface area contributed by atoms with Crippen molar-refractivity contribution in [3.63, 3.8) is 0 Å². The molecule has 1 fully saturated rings. The molecule has 2 heteroatoms. The molecule has 1 aliphatic rings. The van der Waals surface area contributed by atoms with Gasteiger partial charge in [-0.25, -0.2) is 0 Å². The molecule has 0 N–H and O–H groups in total. The van der Waals surface area contributed by atoms with Crippen molar-refractivity contribution >= 4 is 5.91 Å². The standard InChI is InChI=1S/C14H27NO/c1-5-12-9-8-10-15(11-12)13(16)14(4,6-2)7-3/h12H,5-11H2,1-4H3. The lowest BCUT2D eigenvalue weighted by Gasteiger charge is -2.38. The van der Waals surface area contributed by atoms with Crippen LogP contribution < -0.4 is 0 Å². The maximum Gasteiger partial charge on any atom is 0.228 e. The molecular formula is C14H27NO. The molecule has 0 bridgehead atoms. The highest BCUT2D eigenvalue weighted by Gasteiger charge is 2.34. The zero-order chi connectivity index (χ0) is 12.2. The maximum atomic E-state index is 12.5. The third kappa shape index (κ3) is 2.78. The molecule has 1 amide bonds. The number of piperidine rings is 1. The average Bonchev–Trinajstić information content (AvgIpc) is 2.37. The van der Waals surface area contributed by atoms with E-state index >= 15 is 0 Å². The Morgan fingerprint density at radius 3 is 2.44 bits per heavy atom. The quantitative estimate of drug-likeness (QED) is 0.717. The van der Waals surface area contributed by atoms with E-state index in [4.69, 9.17) is 0 Å². The molecule has 1 unspecified atom stereocenters. The number of carbonyl (C=O) groups is 1. The summed E-state index contributed by atoms with van der Waals surface area (Å²) in [7, 11) is 0. The monoisotopic (exact) mass is 225 g/mol. The van der Waals surface area contributed by atoms with Gasteiger partial charge in [-0.2, -0.15) is 0 Å². The summed E-state index contributed by atoms with van der Waals surface area (Å²) in [6.45, 7) is 10.6. The largest absolute Gasteiger partial charge is 0.342 e. The van der Waals surface area contributed by atoms with Gasteiger partial charge in [-0.3, -0.25) is 4.79 Å². The van der Waals surface area contributed by atoms with E-state index in [2.05, 4.69) is 32.6 Å². The second-order valence-electron chi connectivity index (χ2n) is 5.44. The highest BCUT2D eigenvalue weighted by Crippen LogP contribution is 2.30. The van der Waals surface area contributed by atoms with E-state index in [0.717, 1.165) is 31.8 Å². The first-order valence-corrected chi connectivity index (χ1v) is 6.86. The van der Waals surface area contributed by atoms with Crippen molar-refractivity contribution < 1.29 is 4.79 Å². The highest BCUT2D eigenvalue weighted by atomic mass is 16.2. The van der Waals surface area contributed by atoms with Crippen LogP contribution in [0.5, 0.6) is 0 Å². The van der Waals surface area contributed by atoms with Gasteiger partial charge in [0.1, 0.15) is 0 Å². The second kappa shape index (κ2) is 5.70. The number of rotatable bonds is 4. The topological polar surface area (TPSA) is 20.3 Å². The Morgan fingerprint density at radius 2 is 1.94 bits per heavy atom. The zero-order valence-corrected chi connectivity index (χ0v) is 11.4. The smallest absolute Gasteiger partial charge is 0.228 e. The molecule has 1 aliphatic heterocycles. The molecule has 0 aromatic rings. The van der Waals surface area contributed by atoms with Crippen molar-refractivity contribution in [2.45, 2.75) is 59.8 Å². The van der Waals surface area contributed by atoms with E-state index in [-0.39, 0.29) is 5.41 Å². The molecule has 0 saturated carbocycles. The van der Waals surface area contributed by atoms with Crippen molar-refractivity contribution in [2.24, 2.45) is 11.3 Å². The van der Waals surface area contributed by atoms with Crippen LogP contribution in [0, 0.1) is 11.3 Å². The molecule has 0 aliphatic carbocycles. The molecule has 1 heterocycles. The summed E-state index contributed by atoms with van der Waals surface area (Å²) in [4.78, 5) is 14.6. The summed E-state index contributed by atoms with van der Waals surface area (Å²) in [6.07, 6.45) is 5.60. The van der Waals surface area contributed by atoms with Crippen molar-refractivity contribution in [1.82, 2.24) is 4.90 Å². The molecule has 1 atom stereocenters. The highest BCUT2D eigenvalue weighted by molar-refractivity contribution is 5.82. The van der Waals surface area contributed by atoms with Gasteiger partial charge in [0, 0.05) is 18.5 Å². The summed E-state index contributed by atoms with van der Waals surface area (Å²) in [5.41, 5.74) is -0.129. The Kier molecular flexibility index (Phi) is 4.82. The van der Waals surface area contributed by atoms with Crippen LogP contribution >= 0.6 is 0 Å². The number of carbonyl (C=O) groups excluding carboxylic acids is 1. The van der Waals surface area contributed by atoms with Crippen molar-refractivity contribution in [2.75, 3.05) is 13.1 Å². The second-order valence-corrected chi connectivity index (χ2v) is 5.44. The van der Waals surface area contributed by atoms with Crippen LogP contribution in [0.4, 0.5) is 0 Å². The molecule has 1 rings (SSSR count). The fraction of sp³-hybridized carbons (Fsp3) is 0.929. The molecular weight excluding hydrogens is 198 g/mol. The lowest BCUT2D eigenvalue weighted by Crippen LogP contribution is -2.46. The van der Waals surface area contributed by atoms with Gasteiger partial charge in [-0.05, 0) is 31.6 Å². The van der Waals surface area contributed by atoms with Crippen molar-refractivity contribution in [3.05, 3.63) is 0 Å². The maximum absolute atomic E-state index is 12.5. The molecule has 0 radical (unpaired) electrons. The van der Waals surface area contributed by atoms with Crippen LogP contribution in [0.25, 0.3) is 0 Å². The van der Waals surface area contributed by atoms with E-state index in [0.29, 0.717) is 5.91 Å². The molecule has 0 aromatic heterocycles. The lowest BCUT2D eigenvalue weighted by atomic mass is 9.82. The lowest BCUT2D eigenvalue weighted by molar-refractivity contribution is -0.143. The average molecular weight is 225 g/mol. The summed E-state index contributed by atoms with van der Waals surface area (Å²) in [5, 5.41) is 0. The van der Waals surface area contributed by atoms with Crippen LogP contribution in [-0.4, -0.2) is 23.9 Å². The minimum atomic E-state index is -0.129. The first-order valence-electron chi connectivity index (χ1n) is 6.86. The number of nitrogens with zero attached hydrogens (tertiary/aromatic N) is 1. The van der Waals surface area contributed by atoms with Gasteiger partial charge >= 0.3 is 0 Å². The van der Waals surface area contributed by atoms with Gasteiger partial charge in [0.2, 0.25) is 5.91 Å². The zero-order valence-electron chi connectivity index (χ0n) is 11.4. The molecule has 1 saturated heterocycles. The Balaban J connectivity index is 2.65. The molecule has 0 aromatic carbocycles. The fourth-order valence-electron chi connectivity index (χ4n) is 2.52. The van der Waals surface area contributed by atoms with E-state index in [1.807, 2.05) is 0 Å². The van der Waals surface area contributed by atoms with E-state index in [1.165, 1.54) is 19.3 Å². The SMILES string of the molecule is CCC1CCCN(C(=O)C(C)(CC)CC)C1. The summed E-state index contributed by atoms with van der Waals surface area (Å²) < 4.78 is 0. The van der Waals surface area contributed by atoms with Gasteiger partial charge in [-0.15, -0.1) is 0 Å². The minimum Gasteiger partial charge on any atom is -0.342 e. The number of hydrogen-bond acceptors (Lipinski definition) is 1.